The molecule has 0 aliphatic carbocycles. The van der Waals surface area contributed by atoms with Crippen LogP contribution >= 0.6 is 0 Å². The number of primary amides is 1. The molecule has 0 bridgehead atoms. The number of benzene rings is 2. The van der Waals surface area contributed by atoms with Gasteiger partial charge in [0.15, 0.2) is 0 Å². The second-order valence-electron chi connectivity index (χ2n) is 5.83. The van der Waals surface area contributed by atoms with Gasteiger partial charge in [0.1, 0.15) is 6.61 Å². The molecule has 0 aliphatic rings. The predicted molar refractivity (Wildman–Crippen MR) is 97.7 cm³/mol. The Balaban J connectivity index is 1.65. The van der Waals surface area contributed by atoms with Gasteiger partial charge < -0.3 is 15.8 Å². The Morgan fingerprint density at radius 3 is 2.24 bits per heavy atom. The maximum Gasteiger partial charge on any atom is 0.312 e. The Morgan fingerprint density at radius 2 is 1.56 bits per heavy atom. The highest BCUT2D eigenvalue weighted by atomic mass is 16.5. The molecule has 2 rings (SSSR count). The van der Waals surface area contributed by atoms with Gasteiger partial charge in [0.05, 0.1) is 0 Å². The van der Waals surface area contributed by atoms with Crippen molar-refractivity contribution in [1.29, 1.82) is 0 Å². The molecule has 25 heavy (non-hydrogen) atoms. The van der Waals surface area contributed by atoms with E-state index in [9.17, 15) is 9.59 Å². The summed E-state index contributed by atoms with van der Waals surface area (Å²) in [4.78, 5) is 22.2. The van der Waals surface area contributed by atoms with Crippen LogP contribution in [0.2, 0.25) is 0 Å². The van der Waals surface area contributed by atoms with E-state index >= 15 is 0 Å². The molecule has 0 heterocycles. The van der Waals surface area contributed by atoms with E-state index in [1.165, 1.54) is 0 Å². The Hall–Kier alpha value is -2.82. The van der Waals surface area contributed by atoms with Crippen LogP contribution in [0.4, 0.5) is 4.79 Å². The van der Waals surface area contributed by atoms with Crippen LogP contribution in [0.3, 0.4) is 0 Å². The minimum absolute atomic E-state index is 0.199. The Morgan fingerprint density at radius 1 is 0.880 bits per heavy atom. The normalized spacial score (nSPS) is 10.2. The second kappa shape index (κ2) is 10.1. The highest BCUT2D eigenvalue weighted by molar-refractivity contribution is 5.71. The van der Waals surface area contributed by atoms with Crippen LogP contribution in [0.15, 0.2) is 54.6 Å². The summed E-state index contributed by atoms with van der Waals surface area (Å²) >= 11 is 0. The lowest BCUT2D eigenvalue weighted by atomic mass is 10.0. The van der Waals surface area contributed by atoms with Crippen molar-refractivity contribution in [3.63, 3.8) is 0 Å². The fourth-order valence-electron chi connectivity index (χ4n) is 2.44. The topological polar surface area (TPSA) is 81.4 Å². The first-order valence-electron chi connectivity index (χ1n) is 8.48. The molecule has 0 atom stereocenters. The smallest absolute Gasteiger partial charge is 0.312 e. The van der Waals surface area contributed by atoms with Gasteiger partial charge in [0.2, 0.25) is 0 Å². The van der Waals surface area contributed by atoms with Gasteiger partial charge in [-0.25, -0.2) is 4.79 Å². The first kappa shape index (κ1) is 18.5. The van der Waals surface area contributed by atoms with Crippen molar-refractivity contribution in [2.75, 3.05) is 6.54 Å². The molecule has 0 aromatic heterocycles. The summed E-state index contributed by atoms with van der Waals surface area (Å²) in [6.07, 6.45) is 2.78. The summed E-state index contributed by atoms with van der Waals surface area (Å²) in [5.41, 5.74) is 8.24. The third-order valence-corrected chi connectivity index (χ3v) is 3.82. The van der Waals surface area contributed by atoms with Gasteiger partial charge in [0.25, 0.3) is 0 Å². The van der Waals surface area contributed by atoms with Crippen molar-refractivity contribution in [3.8, 4) is 11.1 Å². The summed E-state index contributed by atoms with van der Waals surface area (Å²) in [6.45, 7) is 0.829. The number of nitrogens with one attached hydrogen (secondary N) is 1. The van der Waals surface area contributed by atoms with Gasteiger partial charge in [-0.1, -0.05) is 61.0 Å². The minimum Gasteiger partial charge on any atom is -0.461 e. The molecule has 0 saturated heterocycles. The highest BCUT2D eigenvalue weighted by Gasteiger charge is 2.04. The number of carbonyl (C=O) groups excluding carboxylic acids is 2. The zero-order valence-corrected chi connectivity index (χ0v) is 14.2. The van der Waals surface area contributed by atoms with E-state index < -0.39 is 6.03 Å². The lowest BCUT2D eigenvalue weighted by Gasteiger charge is -2.07. The van der Waals surface area contributed by atoms with Crippen molar-refractivity contribution < 1.29 is 14.3 Å². The van der Waals surface area contributed by atoms with Crippen molar-refractivity contribution in [3.05, 3.63) is 60.2 Å². The maximum absolute atomic E-state index is 11.7. The standard InChI is InChI=1S/C20H24N2O3/c21-20(24)22-14-6-2-5-9-19(23)25-15-16-10-12-18(13-11-16)17-7-3-1-4-8-17/h1,3-4,7-8,10-13H,2,5-6,9,14-15H2,(H3,21,22,24). The Bertz CT molecular complexity index is 669. The van der Waals surface area contributed by atoms with Crippen LogP contribution in [-0.2, 0) is 16.1 Å². The number of hydrogen-bond donors (Lipinski definition) is 2. The molecule has 5 heteroatoms. The zero-order valence-electron chi connectivity index (χ0n) is 14.2. The summed E-state index contributed by atoms with van der Waals surface area (Å²) in [7, 11) is 0. The SMILES string of the molecule is NC(=O)NCCCCCC(=O)OCc1ccc(-c2ccccc2)cc1. The molecule has 132 valence electrons. The number of esters is 1. The predicted octanol–water partition coefficient (Wildman–Crippen LogP) is 3.63. The van der Waals surface area contributed by atoms with Crippen LogP contribution in [0.1, 0.15) is 31.2 Å². The van der Waals surface area contributed by atoms with Gasteiger partial charge in [0, 0.05) is 13.0 Å². The zero-order chi connectivity index (χ0) is 17.9. The number of ether oxygens (including phenoxy) is 1. The Labute approximate surface area is 148 Å². The lowest BCUT2D eigenvalue weighted by Crippen LogP contribution is -2.29. The molecule has 2 aromatic carbocycles. The van der Waals surface area contributed by atoms with E-state index in [0.717, 1.165) is 36.0 Å². The molecule has 2 aromatic rings. The molecule has 2 amide bonds. The highest BCUT2D eigenvalue weighted by Crippen LogP contribution is 2.19. The molecule has 5 nitrogen and oxygen atoms in total. The number of nitrogens with two attached hydrogens (primary N) is 1. The molecule has 0 fully saturated rings. The number of amides is 2. The number of urea groups is 1. The molecular weight excluding hydrogens is 316 g/mol. The summed E-state index contributed by atoms with van der Waals surface area (Å²) in [6, 6.07) is 17.6. The third kappa shape index (κ3) is 7.08. The van der Waals surface area contributed by atoms with Crippen molar-refractivity contribution in [1.82, 2.24) is 5.32 Å². The maximum atomic E-state index is 11.7. The number of hydrogen-bond acceptors (Lipinski definition) is 3. The van der Waals surface area contributed by atoms with Crippen molar-refractivity contribution in [2.45, 2.75) is 32.3 Å². The molecule has 0 spiro atoms. The molecule has 3 N–H and O–H groups in total. The van der Waals surface area contributed by atoms with Crippen LogP contribution in [0.5, 0.6) is 0 Å². The van der Waals surface area contributed by atoms with Crippen LogP contribution in [-0.4, -0.2) is 18.5 Å². The fourth-order valence-corrected chi connectivity index (χ4v) is 2.44. The molecule has 0 unspecified atom stereocenters. The molecular formula is C20H24N2O3. The van der Waals surface area contributed by atoms with Crippen molar-refractivity contribution >= 4 is 12.0 Å². The summed E-state index contributed by atoms with van der Waals surface area (Å²) in [5, 5.41) is 2.52. The van der Waals surface area contributed by atoms with E-state index in [-0.39, 0.29) is 12.6 Å². The largest absolute Gasteiger partial charge is 0.461 e. The van der Waals surface area contributed by atoms with E-state index in [2.05, 4.69) is 17.4 Å². The first-order valence-corrected chi connectivity index (χ1v) is 8.48. The number of unbranched alkanes of at least 4 members (excludes halogenated alkanes) is 2. The first-order chi connectivity index (χ1) is 12.1. The van der Waals surface area contributed by atoms with Gasteiger partial charge in [-0.15, -0.1) is 0 Å². The third-order valence-electron chi connectivity index (χ3n) is 3.82. The monoisotopic (exact) mass is 340 g/mol. The number of rotatable bonds is 9. The number of carbonyl (C=O) groups is 2. The lowest BCUT2D eigenvalue weighted by molar-refractivity contribution is -0.145. The van der Waals surface area contributed by atoms with E-state index in [4.69, 9.17) is 10.5 Å². The van der Waals surface area contributed by atoms with Crippen LogP contribution in [0, 0.1) is 0 Å². The molecule has 0 radical (unpaired) electrons. The minimum atomic E-state index is -0.516. The Kier molecular flexibility index (Phi) is 7.50. The average molecular weight is 340 g/mol. The van der Waals surface area contributed by atoms with E-state index in [1.54, 1.807) is 0 Å². The van der Waals surface area contributed by atoms with Gasteiger partial charge in [-0.3, -0.25) is 4.79 Å². The average Bonchev–Trinajstić information content (AvgIpc) is 2.64. The summed E-state index contributed by atoms with van der Waals surface area (Å²) < 4.78 is 5.29. The van der Waals surface area contributed by atoms with Gasteiger partial charge in [-0.2, -0.15) is 0 Å². The van der Waals surface area contributed by atoms with Crippen molar-refractivity contribution in [2.24, 2.45) is 5.73 Å². The van der Waals surface area contributed by atoms with E-state index in [0.29, 0.717) is 13.0 Å². The van der Waals surface area contributed by atoms with Crippen LogP contribution in [0.25, 0.3) is 11.1 Å². The summed E-state index contributed by atoms with van der Waals surface area (Å²) in [5.74, 6) is -0.199. The van der Waals surface area contributed by atoms with Gasteiger partial charge >= 0.3 is 12.0 Å². The van der Waals surface area contributed by atoms with Gasteiger partial charge in [-0.05, 0) is 29.5 Å². The molecule has 0 saturated carbocycles. The fraction of sp³-hybridized carbons (Fsp3) is 0.300. The van der Waals surface area contributed by atoms with E-state index in [1.807, 2.05) is 42.5 Å². The van der Waals surface area contributed by atoms with Crippen LogP contribution < -0.4 is 11.1 Å². The second-order valence-corrected chi connectivity index (χ2v) is 5.83. The molecule has 0 aliphatic heterocycles. The quantitative estimate of drug-likeness (QED) is 0.540.